The van der Waals surface area contributed by atoms with E-state index in [1.54, 1.807) is 6.20 Å². The monoisotopic (exact) mass is 340 g/mol. The Morgan fingerprint density at radius 2 is 2.00 bits per heavy atom. The van der Waals surface area contributed by atoms with Crippen LogP contribution in [0.15, 0.2) is 24.7 Å². The maximum atomic E-state index is 12.7. The number of likely N-dealkylation sites (tertiary alicyclic amines) is 1. The number of nitrogens with zero attached hydrogens (tertiary/aromatic N) is 5. The van der Waals surface area contributed by atoms with Crippen molar-refractivity contribution in [2.24, 2.45) is 7.05 Å². The zero-order chi connectivity index (χ0) is 17.2. The van der Waals surface area contributed by atoms with E-state index in [1.165, 1.54) is 0 Å². The van der Waals surface area contributed by atoms with Gasteiger partial charge in [-0.1, -0.05) is 0 Å². The summed E-state index contributed by atoms with van der Waals surface area (Å²) in [6.07, 6.45) is -0.0298. The molecule has 1 aliphatic rings. The fourth-order valence-electron chi connectivity index (χ4n) is 2.82. The van der Waals surface area contributed by atoms with E-state index < -0.39 is 11.9 Å². The number of alkyl halides is 3. The van der Waals surface area contributed by atoms with Crippen LogP contribution in [0.25, 0.3) is 0 Å². The molecule has 1 N–H and O–H groups in total. The first-order valence-electron chi connectivity index (χ1n) is 7.77. The van der Waals surface area contributed by atoms with Gasteiger partial charge in [0.15, 0.2) is 0 Å². The minimum absolute atomic E-state index is 0.115. The summed E-state index contributed by atoms with van der Waals surface area (Å²) in [7, 11) is 1.91. The number of hydrogen-bond acceptors (Lipinski definition) is 5. The fourth-order valence-corrected chi connectivity index (χ4v) is 2.82. The van der Waals surface area contributed by atoms with Crippen molar-refractivity contribution in [1.82, 2.24) is 24.6 Å². The first kappa shape index (κ1) is 16.7. The van der Waals surface area contributed by atoms with Crippen LogP contribution in [-0.2, 0) is 19.8 Å². The van der Waals surface area contributed by atoms with Crippen LogP contribution in [0.3, 0.4) is 0 Å². The Balaban J connectivity index is 1.53. The Morgan fingerprint density at radius 1 is 1.25 bits per heavy atom. The molecule has 2 aromatic heterocycles. The van der Waals surface area contributed by atoms with Crippen LogP contribution < -0.4 is 5.32 Å². The maximum absolute atomic E-state index is 12.7. The third-order valence-electron chi connectivity index (χ3n) is 4.21. The SMILES string of the molecule is Cn1nccc1CN1CCC(Nc2cc(C(F)(F)F)ncn2)CC1. The van der Waals surface area contributed by atoms with Gasteiger partial charge in [0, 0.05) is 45.0 Å². The Kier molecular flexibility index (Phi) is 4.70. The van der Waals surface area contributed by atoms with Gasteiger partial charge in [0.05, 0.1) is 5.69 Å². The number of nitrogens with one attached hydrogen (secondary N) is 1. The zero-order valence-electron chi connectivity index (χ0n) is 13.3. The first-order valence-corrected chi connectivity index (χ1v) is 7.77. The Morgan fingerprint density at radius 3 is 2.62 bits per heavy atom. The summed E-state index contributed by atoms with van der Waals surface area (Å²) in [4.78, 5) is 9.48. The maximum Gasteiger partial charge on any atom is 0.433 e. The number of halogens is 3. The van der Waals surface area contributed by atoms with Gasteiger partial charge in [-0.25, -0.2) is 9.97 Å². The highest BCUT2D eigenvalue weighted by Gasteiger charge is 2.33. The van der Waals surface area contributed by atoms with E-state index in [1.807, 2.05) is 17.8 Å². The second kappa shape index (κ2) is 6.76. The number of hydrogen-bond donors (Lipinski definition) is 1. The number of aryl methyl sites for hydroxylation is 1. The summed E-state index contributed by atoms with van der Waals surface area (Å²) in [6.45, 7) is 2.58. The van der Waals surface area contributed by atoms with Gasteiger partial charge >= 0.3 is 6.18 Å². The van der Waals surface area contributed by atoms with E-state index in [0.29, 0.717) is 0 Å². The van der Waals surface area contributed by atoms with Crippen molar-refractivity contribution in [2.45, 2.75) is 31.6 Å². The lowest BCUT2D eigenvalue weighted by atomic mass is 10.0. The molecule has 0 aromatic carbocycles. The van der Waals surface area contributed by atoms with Gasteiger partial charge < -0.3 is 5.32 Å². The van der Waals surface area contributed by atoms with Gasteiger partial charge in [-0.2, -0.15) is 18.3 Å². The Labute approximate surface area is 137 Å². The van der Waals surface area contributed by atoms with E-state index in [4.69, 9.17) is 0 Å². The Hall–Kier alpha value is -2.16. The lowest BCUT2D eigenvalue weighted by Gasteiger charge is -2.32. The van der Waals surface area contributed by atoms with Crippen LogP contribution in [0.4, 0.5) is 19.0 Å². The first-order chi connectivity index (χ1) is 11.4. The highest BCUT2D eigenvalue weighted by molar-refractivity contribution is 5.36. The largest absolute Gasteiger partial charge is 0.433 e. The van der Waals surface area contributed by atoms with Gasteiger partial charge in [-0.05, 0) is 18.9 Å². The van der Waals surface area contributed by atoms with E-state index in [-0.39, 0.29) is 11.9 Å². The van der Waals surface area contributed by atoms with E-state index in [2.05, 4.69) is 25.3 Å². The molecule has 3 rings (SSSR count). The summed E-state index contributed by atoms with van der Waals surface area (Å²) in [5.74, 6) is 0.224. The quantitative estimate of drug-likeness (QED) is 0.926. The standard InChI is InChI=1S/C15H19F3N6/c1-23-12(2-5-21-23)9-24-6-3-11(4-7-24)22-14-8-13(15(16,17)18)19-10-20-14/h2,5,8,10-11H,3-4,6-7,9H2,1H3,(H,19,20,22). The minimum Gasteiger partial charge on any atom is -0.367 e. The summed E-state index contributed by atoms with van der Waals surface area (Å²) in [5.41, 5.74) is 0.223. The van der Waals surface area contributed by atoms with E-state index in [9.17, 15) is 13.2 Å². The predicted molar refractivity (Wildman–Crippen MR) is 82.2 cm³/mol. The van der Waals surface area contributed by atoms with E-state index in [0.717, 1.165) is 50.6 Å². The molecule has 6 nitrogen and oxygen atoms in total. The van der Waals surface area contributed by atoms with Crippen LogP contribution in [-0.4, -0.2) is 43.8 Å². The van der Waals surface area contributed by atoms with Crippen molar-refractivity contribution in [3.05, 3.63) is 36.0 Å². The number of aromatic nitrogens is 4. The molecule has 0 saturated carbocycles. The highest BCUT2D eigenvalue weighted by Crippen LogP contribution is 2.28. The van der Waals surface area contributed by atoms with Gasteiger partial charge in [-0.15, -0.1) is 0 Å². The Bertz CT molecular complexity index is 676. The topological polar surface area (TPSA) is 58.9 Å². The smallest absolute Gasteiger partial charge is 0.367 e. The van der Waals surface area contributed by atoms with E-state index >= 15 is 0 Å². The number of anilines is 1. The lowest BCUT2D eigenvalue weighted by Crippen LogP contribution is -2.39. The third kappa shape index (κ3) is 4.02. The predicted octanol–water partition coefficient (Wildman–Crippen LogP) is 2.31. The molecule has 1 saturated heterocycles. The van der Waals surface area contributed by atoms with Crippen LogP contribution in [0.2, 0.25) is 0 Å². The van der Waals surface area contributed by atoms with Crippen molar-refractivity contribution in [3.8, 4) is 0 Å². The molecule has 3 heterocycles. The molecule has 0 aliphatic carbocycles. The lowest BCUT2D eigenvalue weighted by molar-refractivity contribution is -0.141. The fraction of sp³-hybridized carbons (Fsp3) is 0.533. The van der Waals surface area contributed by atoms with Crippen molar-refractivity contribution < 1.29 is 13.2 Å². The number of rotatable bonds is 4. The van der Waals surface area contributed by atoms with Crippen molar-refractivity contribution in [3.63, 3.8) is 0 Å². The molecule has 0 spiro atoms. The van der Waals surface area contributed by atoms with Gasteiger partial charge in [0.2, 0.25) is 0 Å². The average molecular weight is 340 g/mol. The molecule has 9 heteroatoms. The van der Waals surface area contributed by atoms with Crippen LogP contribution in [0.5, 0.6) is 0 Å². The number of piperidine rings is 1. The summed E-state index contributed by atoms with van der Waals surface area (Å²) in [5, 5.41) is 7.24. The summed E-state index contributed by atoms with van der Waals surface area (Å²) in [6, 6.07) is 3.06. The molecule has 24 heavy (non-hydrogen) atoms. The second-order valence-electron chi connectivity index (χ2n) is 5.93. The van der Waals surface area contributed by atoms with Crippen molar-refractivity contribution in [1.29, 1.82) is 0 Å². The van der Waals surface area contributed by atoms with Gasteiger partial charge in [0.25, 0.3) is 0 Å². The van der Waals surface area contributed by atoms with Crippen molar-refractivity contribution in [2.75, 3.05) is 18.4 Å². The minimum atomic E-state index is -4.45. The molecule has 0 atom stereocenters. The molecule has 0 amide bonds. The average Bonchev–Trinajstić information content (AvgIpc) is 2.94. The molecule has 0 unspecified atom stereocenters. The third-order valence-corrected chi connectivity index (χ3v) is 4.21. The van der Waals surface area contributed by atoms with Gasteiger partial charge in [-0.3, -0.25) is 9.58 Å². The highest BCUT2D eigenvalue weighted by atomic mass is 19.4. The molecule has 0 bridgehead atoms. The molecule has 130 valence electrons. The molecule has 1 aliphatic heterocycles. The normalized spacial score (nSPS) is 17.2. The summed E-state index contributed by atoms with van der Waals surface area (Å²) < 4.78 is 39.9. The summed E-state index contributed by atoms with van der Waals surface area (Å²) >= 11 is 0. The molecule has 2 aromatic rings. The van der Waals surface area contributed by atoms with Crippen molar-refractivity contribution >= 4 is 5.82 Å². The molecular weight excluding hydrogens is 321 g/mol. The molecule has 1 fully saturated rings. The molecular formula is C15H19F3N6. The molecule has 0 radical (unpaired) electrons. The van der Waals surface area contributed by atoms with Crippen LogP contribution >= 0.6 is 0 Å². The zero-order valence-corrected chi connectivity index (χ0v) is 13.3. The second-order valence-corrected chi connectivity index (χ2v) is 5.93. The van der Waals surface area contributed by atoms with Crippen LogP contribution in [0, 0.1) is 0 Å². The van der Waals surface area contributed by atoms with Gasteiger partial charge in [0.1, 0.15) is 17.8 Å². The van der Waals surface area contributed by atoms with Crippen LogP contribution in [0.1, 0.15) is 24.2 Å².